The normalized spacial score (nSPS) is 14.3. The van der Waals surface area contributed by atoms with Crippen LogP contribution in [0.1, 0.15) is 16.8 Å². The number of aryl methyl sites for hydroxylation is 1. The molecule has 5 heteroatoms. The highest BCUT2D eigenvalue weighted by Crippen LogP contribution is 2.30. The van der Waals surface area contributed by atoms with E-state index < -0.39 is 0 Å². The second-order valence-electron chi connectivity index (χ2n) is 4.40. The van der Waals surface area contributed by atoms with Crippen LogP contribution in [0.2, 0.25) is 0 Å². The van der Waals surface area contributed by atoms with Crippen LogP contribution < -0.4 is 0 Å². The highest BCUT2D eigenvalue weighted by atomic mass is 16.1. The minimum absolute atomic E-state index is 0.198. The van der Waals surface area contributed by atoms with Gasteiger partial charge in [-0.05, 0) is 12.1 Å². The first kappa shape index (κ1) is 9.58. The summed E-state index contributed by atoms with van der Waals surface area (Å²) in [7, 11) is 0. The van der Waals surface area contributed by atoms with Gasteiger partial charge >= 0.3 is 0 Å². The Bertz CT molecular complexity index is 755. The second-order valence-corrected chi connectivity index (χ2v) is 4.40. The van der Waals surface area contributed by atoms with Crippen LogP contribution in [0.5, 0.6) is 0 Å². The fourth-order valence-corrected chi connectivity index (χ4v) is 2.56. The first-order valence-corrected chi connectivity index (χ1v) is 5.86. The van der Waals surface area contributed by atoms with Crippen molar-refractivity contribution in [1.29, 1.82) is 0 Å². The summed E-state index contributed by atoms with van der Waals surface area (Å²) >= 11 is 0. The maximum atomic E-state index is 11.9. The van der Waals surface area contributed by atoms with E-state index in [0.717, 1.165) is 28.1 Å². The summed E-state index contributed by atoms with van der Waals surface area (Å²) in [6.45, 7) is 0.681. The first-order valence-electron chi connectivity index (χ1n) is 5.86. The van der Waals surface area contributed by atoms with Crippen LogP contribution in [-0.2, 0) is 6.54 Å². The molecule has 0 spiro atoms. The molecule has 3 aromatic rings. The third kappa shape index (κ3) is 1.13. The van der Waals surface area contributed by atoms with Gasteiger partial charge in [-0.15, -0.1) is 0 Å². The van der Waals surface area contributed by atoms with Gasteiger partial charge in [-0.1, -0.05) is 6.07 Å². The zero-order chi connectivity index (χ0) is 12.1. The number of nitrogens with one attached hydrogen (secondary N) is 1. The van der Waals surface area contributed by atoms with Crippen molar-refractivity contribution in [3.63, 3.8) is 0 Å². The monoisotopic (exact) mass is 238 g/mol. The number of para-hydroxylation sites is 1. The van der Waals surface area contributed by atoms with E-state index in [1.165, 1.54) is 0 Å². The van der Waals surface area contributed by atoms with Crippen LogP contribution in [0.25, 0.3) is 22.6 Å². The molecule has 0 atom stereocenters. The zero-order valence-electron chi connectivity index (χ0n) is 9.55. The number of hydrogen-bond donors (Lipinski definition) is 1. The van der Waals surface area contributed by atoms with Crippen molar-refractivity contribution < 1.29 is 4.79 Å². The van der Waals surface area contributed by atoms with E-state index in [4.69, 9.17) is 0 Å². The molecule has 3 heterocycles. The Morgan fingerprint density at radius 3 is 3.11 bits per heavy atom. The molecular formula is C13H10N4O. The third-order valence-corrected chi connectivity index (χ3v) is 3.37. The van der Waals surface area contributed by atoms with Gasteiger partial charge in [0.2, 0.25) is 0 Å². The fourth-order valence-electron chi connectivity index (χ4n) is 2.56. The van der Waals surface area contributed by atoms with Gasteiger partial charge in [0, 0.05) is 18.5 Å². The number of Topliss-reactive ketones (excluding diaryl/α,β-unsaturated/α-hetero) is 1. The number of aromatic amines is 1. The Kier molecular flexibility index (Phi) is 1.75. The van der Waals surface area contributed by atoms with Gasteiger partial charge in [0.05, 0.1) is 23.6 Å². The molecule has 0 radical (unpaired) electrons. The number of ketones is 1. The second kappa shape index (κ2) is 3.29. The van der Waals surface area contributed by atoms with Gasteiger partial charge in [0.1, 0.15) is 5.69 Å². The van der Waals surface area contributed by atoms with E-state index >= 15 is 0 Å². The smallest absolute Gasteiger partial charge is 0.166 e. The number of rotatable bonds is 1. The lowest BCUT2D eigenvalue weighted by atomic mass is 10.0. The van der Waals surface area contributed by atoms with E-state index in [-0.39, 0.29) is 5.78 Å². The molecule has 18 heavy (non-hydrogen) atoms. The minimum Gasteiger partial charge on any atom is -0.342 e. The number of H-pyrrole nitrogens is 1. The fraction of sp³-hybridized carbons (Fsp3) is 0.154. The lowest BCUT2D eigenvalue weighted by molar-refractivity contribution is 0.0973. The predicted molar refractivity (Wildman–Crippen MR) is 66.3 cm³/mol. The average molecular weight is 238 g/mol. The molecule has 0 saturated heterocycles. The maximum Gasteiger partial charge on any atom is 0.166 e. The summed E-state index contributed by atoms with van der Waals surface area (Å²) in [6, 6.07) is 5.70. The van der Waals surface area contributed by atoms with E-state index in [2.05, 4.69) is 19.5 Å². The summed E-state index contributed by atoms with van der Waals surface area (Å²) in [5.41, 5.74) is 3.46. The molecule has 4 rings (SSSR count). The SMILES string of the molecule is O=C1CCn2c(-c3cnc[nH]3)nc3cccc1c32. The summed E-state index contributed by atoms with van der Waals surface area (Å²) in [4.78, 5) is 23.6. The first-order chi connectivity index (χ1) is 8.84. The molecule has 0 amide bonds. The molecule has 2 aromatic heterocycles. The summed E-state index contributed by atoms with van der Waals surface area (Å²) < 4.78 is 2.10. The number of hydrogen-bond acceptors (Lipinski definition) is 3. The Hall–Kier alpha value is -2.43. The van der Waals surface area contributed by atoms with Gasteiger partial charge in [0.15, 0.2) is 11.6 Å². The van der Waals surface area contributed by atoms with Crippen LogP contribution >= 0.6 is 0 Å². The molecule has 1 aromatic carbocycles. The zero-order valence-corrected chi connectivity index (χ0v) is 9.55. The van der Waals surface area contributed by atoms with Crippen molar-refractivity contribution in [3.05, 3.63) is 36.3 Å². The number of imidazole rings is 2. The molecule has 0 saturated carbocycles. The Morgan fingerprint density at radius 1 is 1.33 bits per heavy atom. The van der Waals surface area contributed by atoms with Crippen molar-refractivity contribution in [2.24, 2.45) is 0 Å². The quantitative estimate of drug-likeness (QED) is 0.705. The van der Waals surface area contributed by atoms with Crippen molar-refractivity contribution in [3.8, 4) is 11.5 Å². The maximum absolute atomic E-state index is 11.9. The standard InChI is InChI=1S/C13H10N4O/c18-11-4-5-17-12-8(11)2-1-3-9(12)16-13(17)10-6-14-7-15-10/h1-3,6-7H,4-5H2,(H,14,15). The molecule has 0 bridgehead atoms. The minimum atomic E-state index is 0.198. The van der Waals surface area contributed by atoms with Crippen LogP contribution in [0.4, 0.5) is 0 Å². The van der Waals surface area contributed by atoms with Crippen molar-refractivity contribution in [1.82, 2.24) is 19.5 Å². The number of carbonyl (C=O) groups is 1. The average Bonchev–Trinajstić information content (AvgIpc) is 3.02. The van der Waals surface area contributed by atoms with Crippen LogP contribution in [-0.4, -0.2) is 25.3 Å². The molecule has 0 unspecified atom stereocenters. The highest BCUT2D eigenvalue weighted by Gasteiger charge is 2.23. The predicted octanol–water partition coefficient (Wildman–Crippen LogP) is 2.01. The van der Waals surface area contributed by atoms with Crippen molar-refractivity contribution >= 4 is 16.8 Å². The lowest BCUT2D eigenvalue weighted by Gasteiger charge is -2.15. The molecule has 1 aliphatic heterocycles. The van der Waals surface area contributed by atoms with Crippen molar-refractivity contribution in [2.75, 3.05) is 0 Å². The number of benzene rings is 1. The Labute approximate surface area is 102 Å². The van der Waals surface area contributed by atoms with Gasteiger partial charge in [-0.2, -0.15) is 0 Å². The lowest BCUT2D eigenvalue weighted by Crippen LogP contribution is -2.14. The van der Waals surface area contributed by atoms with Gasteiger partial charge in [-0.25, -0.2) is 9.97 Å². The largest absolute Gasteiger partial charge is 0.342 e. The summed E-state index contributed by atoms with van der Waals surface area (Å²) in [6.07, 6.45) is 3.92. The van der Waals surface area contributed by atoms with Gasteiger partial charge < -0.3 is 9.55 Å². The number of aromatic nitrogens is 4. The summed E-state index contributed by atoms with van der Waals surface area (Å²) in [5.74, 6) is 1.05. The molecule has 1 N–H and O–H groups in total. The van der Waals surface area contributed by atoms with Gasteiger partial charge in [-0.3, -0.25) is 4.79 Å². The summed E-state index contributed by atoms with van der Waals surface area (Å²) in [5, 5.41) is 0. The molecule has 0 fully saturated rings. The van der Waals surface area contributed by atoms with E-state index in [1.807, 2.05) is 18.2 Å². The van der Waals surface area contributed by atoms with Gasteiger partial charge in [0.25, 0.3) is 0 Å². The number of carbonyl (C=O) groups excluding carboxylic acids is 1. The third-order valence-electron chi connectivity index (χ3n) is 3.37. The molecule has 1 aliphatic rings. The highest BCUT2D eigenvalue weighted by molar-refractivity contribution is 6.08. The van der Waals surface area contributed by atoms with E-state index in [1.54, 1.807) is 12.5 Å². The van der Waals surface area contributed by atoms with Crippen molar-refractivity contribution in [2.45, 2.75) is 13.0 Å². The molecular weight excluding hydrogens is 228 g/mol. The van der Waals surface area contributed by atoms with E-state index in [0.29, 0.717) is 13.0 Å². The van der Waals surface area contributed by atoms with Crippen LogP contribution in [0.15, 0.2) is 30.7 Å². The topological polar surface area (TPSA) is 63.6 Å². The van der Waals surface area contributed by atoms with E-state index in [9.17, 15) is 4.79 Å². The molecule has 5 nitrogen and oxygen atoms in total. The van der Waals surface area contributed by atoms with Crippen LogP contribution in [0.3, 0.4) is 0 Å². The van der Waals surface area contributed by atoms with Crippen LogP contribution in [0, 0.1) is 0 Å². The molecule has 0 aliphatic carbocycles. The Morgan fingerprint density at radius 2 is 2.28 bits per heavy atom. The Balaban J connectivity index is 2.12. The molecule has 88 valence electrons. The number of nitrogens with zero attached hydrogens (tertiary/aromatic N) is 3.